The number of hydrogen-bond donors (Lipinski definition) is 1. The number of carbonyl (C=O) groups is 1. The number of carboxylic acid groups (broad SMARTS) is 1. The molecule has 1 aromatic heterocycles. The van der Waals surface area contributed by atoms with Gasteiger partial charge in [-0.15, -0.1) is 0 Å². The predicted molar refractivity (Wildman–Crippen MR) is 75.7 cm³/mol. The summed E-state index contributed by atoms with van der Waals surface area (Å²) in [5.74, 6) is 1.26. The van der Waals surface area contributed by atoms with E-state index >= 15 is 0 Å². The third-order valence-corrected chi connectivity index (χ3v) is 4.64. The van der Waals surface area contributed by atoms with Gasteiger partial charge in [0, 0.05) is 5.56 Å². The van der Waals surface area contributed by atoms with E-state index < -0.39 is 5.97 Å². The van der Waals surface area contributed by atoms with Crippen LogP contribution in [0.1, 0.15) is 40.7 Å². The maximum absolute atomic E-state index is 11.0. The average Bonchev–Trinajstić information content (AvgIpc) is 2.98. The Kier molecular flexibility index (Phi) is 3.73. The standard InChI is InChI=1S/C14H14N2O3S/c17-14(18)10-5-3-4-9(8-10)13-15-12(16-19-13)11-6-1-2-7-20-11/h3-5,8,11H,1-2,6-7H2,(H,17,18). The molecule has 104 valence electrons. The molecule has 1 aliphatic rings. The highest BCUT2D eigenvalue weighted by Crippen LogP contribution is 2.37. The largest absolute Gasteiger partial charge is 0.478 e. The van der Waals surface area contributed by atoms with Crippen LogP contribution in [0.2, 0.25) is 0 Å². The number of aromatic carboxylic acids is 1. The number of rotatable bonds is 3. The molecule has 5 nitrogen and oxygen atoms in total. The number of nitrogens with zero attached hydrogens (tertiary/aromatic N) is 2. The zero-order valence-electron chi connectivity index (χ0n) is 10.8. The summed E-state index contributed by atoms with van der Waals surface area (Å²) in [4.78, 5) is 15.4. The molecular weight excluding hydrogens is 276 g/mol. The van der Waals surface area contributed by atoms with Crippen molar-refractivity contribution in [1.29, 1.82) is 0 Å². The molecule has 1 saturated heterocycles. The van der Waals surface area contributed by atoms with Gasteiger partial charge in [0.2, 0.25) is 0 Å². The van der Waals surface area contributed by atoms with Gasteiger partial charge >= 0.3 is 5.97 Å². The summed E-state index contributed by atoms with van der Waals surface area (Å²) < 4.78 is 5.27. The van der Waals surface area contributed by atoms with Crippen LogP contribution in [0.4, 0.5) is 0 Å². The molecule has 2 heterocycles. The number of aromatic nitrogens is 2. The van der Waals surface area contributed by atoms with E-state index in [1.54, 1.807) is 24.3 Å². The molecule has 0 amide bonds. The minimum absolute atomic E-state index is 0.217. The molecule has 0 radical (unpaired) electrons. The first-order chi connectivity index (χ1) is 9.74. The summed E-state index contributed by atoms with van der Waals surface area (Å²) in [6, 6.07) is 6.55. The van der Waals surface area contributed by atoms with Crippen molar-refractivity contribution in [1.82, 2.24) is 10.1 Å². The smallest absolute Gasteiger partial charge is 0.335 e. The van der Waals surface area contributed by atoms with Gasteiger partial charge in [-0.05, 0) is 36.8 Å². The molecule has 0 bridgehead atoms. The van der Waals surface area contributed by atoms with Gasteiger partial charge in [0.25, 0.3) is 5.89 Å². The van der Waals surface area contributed by atoms with Gasteiger partial charge in [0.05, 0.1) is 10.8 Å². The first kappa shape index (κ1) is 13.2. The molecule has 1 fully saturated rings. The molecule has 1 aromatic carbocycles. The van der Waals surface area contributed by atoms with Crippen LogP contribution in [0.25, 0.3) is 11.5 Å². The molecule has 1 N–H and O–H groups in total. The highest BCUT2D eigenvalue weighted by molar-refractivity contribution is 7.99. The van der Waals surface area contributed by atoms with E-state index in [2.05, 4.69) is 10.1 Å². The Labute approximate surface area is 120 Å². The summed E-state index contributed by atoms with van der Waals surface area (Å²) in [6.45, 7) is 0. The van der Waals surface area contributed by atoms with Crippen molar-refractivity contribution >= 4 is 17.7 Å². The molecule has 0 saturated carbocycles. The van der Waals surface area contributed by atoms with Gasteiger partial charge in [-0.2, -0.15) is 16.7 Å². The predicted octanol–water partition coefficient (Wildman–Crippen LogP) is 3.39. The van der Waals surface area contributed by atoms with Crippen LogP contribution < -0.4 is 0 Å². The molecule has 6 heteroatoms. The Bertz CT molecular complexity index is 620. The van der Waals surface area contributed by atoms with Gasteiger partial charge in [0.1, 0.15) is 0 Å². The van der Waals surface area contributed by atoms with Gasteiger partial charge in [0.15, 0.2) is 5.82 Å². The van der Waals surface area contributed by atoms with Crippen molar-refractivity contribution < 1.29 is 14.4 Å². The van der Waals surface area contributed by atoms with Crippen molar-refractivity contribution in [2.45, 2.75) is 24.5 Å². The van der Waals surface area contributed by atoms with Gasteiger partial charge in [-0.3, -0.25) is 0 Å². The van der Waals surface area contributed by atoms with Crippen LogP contribution in [0.3, 0.4) is 0 Å². The summed E-state index contributed by atoms with van der Waals surface area (Å²) in [5, 5.41) is 13.3. The second-order valence-corrected chi connectivity index (χ2v) is 6.01. The van der Waals surface area contributed by atoms with E-state index in [-0.39, 0.29) is 5.56 Å². The fraction of sp³-hybridized carbons (Fsp3) is 0.357. The summed E-state index contributed by atoms with van der Waals surface area (Å²) in [5.41, 5.74) is 0.860. The third-order valence-electron chi connectivity index (χ3n) is 3.27. The Balaban J connectivity index is 1.85. The fourth-order valence-electron chi connectivity index (χ4n) is 2.21. The topological polar surface area (TPSA) is 76.2 Å². The first-order valence-electron chi connectivity index (χ1n) is 6.53. The van der Waals surface area contributed by atoms with Crippen molar-refractivity contribution in [3.8, 4) is 11.5 Å². The molecule has 1 unspecified atom stereocenters. The van der Waals surface area contributed by atoms with E-state index in [0.29, 0.717) is 22.5 Å². The Hall–Kier alpha value is -1.82. The molecule has 1 aliphatic heterocycles. The Morgan fingerprint density at radius 3 is 3.05 bits per heavy atom. The minimum Gasteiger partial charge on any atom is -0.478 e. The van der Waals surface area contributed by atoms with Gasteiger partial charge in [-0.25, -0.2) is 4.79 Å². The lowest BCUT2D eigenvalue weighted by atomic mass is 10.1. The van der Waals surface area contributed by atoms with Crippen LogP contribution in [0, 0.1) is 0 Å². The maximum Gasteiger partial charge on any atom is 0.335 e. The first-order valence-corrected chi connectivity index (χ1v) is 7.58. The van der Waals surface area contributed by atoms with Crippen molar-refractivity contribution in [3.05, 3.63) is 35.7 Å². The molecule has 1 atom stereocenters. The minimum atomic E-state index is -0.963. The second-order valence-electron chi connectivity index (χ2n) is 4.70. The molecule has 3 rings (SSSR count). The molecule has 0 aliphatic carbocycles. The van der Waals surface area contributed by atoms with Crippen molar-refractivity contribution in [2.24, 2.45) is 0 Å². The van der Waals surface area contributed by atoms with Crippen molar-refractivity contribution in [3.63, 3.8) is 0 Å². The van der Waals surface area contributed by atoms with E-state index in [4.69, 9.17) is 9.63 Å². The van der Waals surface area contributed by atoms with Gasteiger partial charge in [-0.1, -0.05) is 17.6 Å². The summed E-state index contributed by atoms with van der Waals surface area (Å²) >= 11 is 1.85. The Morgan fingerprint density at radius 1 is 1.40 bits per heavy atom. The quantitative estimate of drug-likeness (QED) is 0.933. The lowest BCUT2D eigenvalue weighted by Gasteiger charge is -2.17. The van der Waals surface area contributed by atoms with Crippen LogP contribution in [-0.4, -0.2) is 27.0 Å². The average molecular weight is 290 g/mol. The fourth-order valence-corrected chi connectivity index (χ4v) is 3.45. The number of carboxylic acids is 1. The number of thioether (sulfide) groups is 1. The molecule has 0 spiro atoms. The maximum atomic E-state index is 11.0. The van der Waals surface area contributed by atoms with Crippen molar-refractivity contribution in [2.75, 3.05) is 5.75 Å². The normalized spacial score (nSPS) is 18.9. The molecule has 20 heavy (non-hydrogen) atoms. The van der Waals surface area contributed by atoms with Crippen LogP contribution >= 0.6 is 11.8 Å². The lowest BCUT2D eigenvalue weighted by molar-refractivity contribution is 0.0697. The highest BCUT2D eigenvalue weighted by atomic mass is 32.2. The van der Waals surface area contributed by atoms with Crippen LogP contribution in [0.15, 0.2) is 28.8 Å². The second kappa shape index (κ2) is 5.66. The summed E-state index contributed by atoms with van der Waals surface area (Å²) in [6.07, 6.45) is 3.50. The molecule has 2 aromatic rings. The van der Waals surface area contributed by atoms with Crippen LogP contribution in [-0.2, 0) is 0 Å². The van der Waals surface area contributed by atoms with E-state index in [1.165, 1.54) is 12.8 Å². The zero-order chi connectivity index (χ0) is 13.9. The Morgan fingerprint density at radius 2 is 2.30 bits per heavy atom. The SMILES string of the molecule is O=C(O)c1cccc(-c2nc(C3CCCCS3)no2)c1. The lowest BCUT2D eigenvalue weighted by Crippen LogP contribution is -2.03. The zero-order valence-corrected chi connectivity index (χ0v) is 11.6. The van der Waals surface area contributed by atoms with E-state index in [1.807, 2.05) is 11.8 Å². The van der Waals surface area contributed by atoms with E-state index in [0.717, 1.165) is 12.2 Å². The highest BCUT2D eigenvalue weighted by Gasteiger charge is 2.22. The molecular formula is C14H14N2O3S. The third kappa shape index (κ3) is 2.70. The monoisotopic (exact) mass is 290 g/mol. The summed E-state index contributed by atoms with van der Waals surface area (Å²) in [7, 11) is 0. The number of benzene rings is 1. The van der Waals surface area contributed by atoms with Gasteiger partial charge < -0.3 is 9.63 Å². The number of hydrogen-bond acceptors (Lipinski definition) is 5. The van der Waals surface area contributed by atoms with E-state index in [9.17, 15) is 4.79 Å². The van der Waals surface area contributed by atoms with Crippen LogP contribution in [0.5, 0.6) is 0 Å².